The number of likely N-dealkylation sites (tertiary alicyclic amines) is 1. The maximum Gasteiger partial charge on any atom is 0.494 e. The third-order valence-electron chi connectivity index (χ3n) is 5.98. The second-order valence-corrected chi connectivity index (χ2v) is 8.67. The molecule has 0 N–H and O–H groups in total. The van der Waals surface area contributed by atoms with E-state index in [1.807, 2.05) is 33.8 Å². The van der Waals surface area contributed by atoms with E-state index >= 15 is 0 Å². The van der Waals surface area contributed by atoms with Crippen LogP contribution in [0.25, 0.3) is 0 Å². The Labute approximate surface area is 169 Å². The molecule has 1 atom stereocenters. The topological polar surface area (TPSA) is 48.0 Å². The van der Waals surface area contributed by atoms with Crippen molar-refractivity contribution < 1.29 is 32.0 Å². The van der Waals surface area contributed by atoms with Gasteiger partial charge in [-0.05, 0) is 58.1 Å². The molecule has 29 heavy (non-hydrogen) atoms. The van der Waals surface area contributed by atoms with Gasteiger partial charge < -0.3 is 18.9 Å². The lowest BCUT2D eigenvalue weighted by Gasteiger charge is -2.33. The Hall–Kier alpha value is -1.74. The van der Waals surface area contributed by atoms with Gasteiger partial charge in [0.25, 0.3) is 5.91 Å². The molecule has 0 bridgehead atoms. The predicted octanol–water partition coefficient (Wildman–Crippen LogP) is 3.17. The molecule has 3 rings (SSSR count). The van der Waals surface area contributed by atoms with Gasteiger partial charge in [-0.1, -0.05) is 12.1 Å². The molecule has 1 unspecified atom stereocenters. The number of carbonyl (C=O) groups excluding carboxylic acids is 1. The van der Waals surface area contributed by atoms with Gasteiger partial charge in [0.1, 0.15) is 5.75 Å². The molecule has 5 nitrogen and oxygen atoms in total. The van der Waals surface area contributed by atoms with Gasteiger partial charge in [0.15, 0.2) is 6.61 Å². The molecule has 0 radical (unpaired) electrons. The average molecular weight is 413 g/mol. The zero-order valence-corrected chi connectivity index (χ0v) is 17.2. The fraction of sp³-hybridized carbons (Fsp3) is 0.650. The number of ether oxygens (including phenoxy) is 1. The monoisotopic (exact) mass is 413 g/mol. The molecule has 0 saturated carbocycles. The summed E-state index contributed by atoms with van der Waals surface area (Å²) in [6, 6.07) is 7.02. The zero-order chi connectivity index (χ0) is 21.4. The van der Waals surface area contributed by atoms with E-state index in [1.165, 1.54) is 4.90 Å². The number of halogens is 3. The fourth-order valence-corrected chi connectivity index (χ4v) is 3.44. The van der Waals surface area contributed by atoms with Crippen molar-refractivity contribution in [1.82, 2.24) is 4.90 Å². The number of amides is 1. The van der Waals surface area contributed by atoms with Crippen molar-refractivity contribution in [2.75, 3.05) is 19.7 Å². The normalized spacial score (nSPS) is 23.9. The maximum atomic E-state index is 12.9. The van der Waals surface area contributed by atoms with Gasteiger partial charge in [0.2, 0.25) is 0 Å². The fourth-order valence-electron chi connectivity index (χ4n) is 3.44. The molecule has 2 heterocycles. The lowest BCUT2D eigenvalue weighted by Crippen LogP contribution is -2.46. The minimum absolute atomic E-state index is 0.0598. The van der Waals surface area contributed by atoms with Crippen LogP contribution in [0, 0.1) is 5.92 Å². The number of carbonyl (C=O) groups is 1. The first-order chi connectivity index (χ1) is 13.4. The van der Waals surface area contributed by atoms with Crippen LogP contribution in [-0.2, 0) is 14.1 Å². The van der Waals surface area contributed by atoms with Gasteiger partial charge in [0.05, 0.1) is 17.1 Å². The summed E-state index contributed by atoms with van der Waals surface area (Å²) in [4.78, 5) is 13.6. The summed E-state index contributed by atoms with van der Waals surface area (Å²) >= 11 is 0. The van der Waals surface area contributed by atoms with Crippen molar-refractivity contribution in [2.24, 2.45) is 5.92 Å². The van der Waals surface area contributed by atoms with E-state index in [4.69, 9.17) is 14.0 Å². The smallest absolute Gasteiger partial charge is 0.484 e. The highest BCUT2D eigenvalue weighted by molar-refractivity contribution is 6.62. The highest BCUT2D eigenvalue weighted by Gasteiger charge is 2.51. The van der Waals surface area contributed by atoms with Crippen molar-refractivity contribution in [3.63, 3.8) is 0 Å². The second kappa shape index (κ2) is 7.83. The van der Waals surface area contributed by atoms with Crippen molar-refractivity contribution in [1.29, 1.82) is 0 Å². The van der Waals surface area contributed by atoms with E-state index < -0.39 is 36.3 Å². The lowest BCUT2D eigenvalue weighted by atomic mass is 9.79. The quantitative estimate of drug-likeness (QED) is 0.712. The Morgan fingerprint density at radius 3 is 2.52 bits per heavy atom. The van der Waals surface area contributed by atoms with Crippen LogP contribution in [0.4, 0.5) is 13.2 Å². The van der Waals surface area contributed by atoms with Gasteiger partial charge in [-0.2, -0.15) is 13.2 Å². The van der Waals surface area contributed by atoms with Crippen molar-refractivity contribution >= 4 is 18.5 Å². The molecule has 9 heteroatoms. The summed E-state index contributed by atoms with van der Waals surface area (Å²) in [6.07, 6.45) is -3.88. The molecule has 1 aromatic rings. The van der Waals surface area contributed by atoms with Crippen molar-refractivity contribution in [3.05, 3.63) is 24.3 Å². The molecule has 0 spiro atoms. The Kier molecular flexibility index (Phi) is 5.93. The van der Waals surface area contributed by atoms with E-state index in [-0.39, 0.29) is 19.6 Å². The first-order valence-electron chi connectivity index (χ1n) is 9.82. The number of piperidine rings is 1. The zero-order valence-electron chi connectivity index (χ0n) is 17.2. The van der Waals surface area contributed by atoms with Crippen LogP contribution < -0.4 is 10.2 Å². The molecule has 160 valence electrons. The lowest BCUT2D eigenvalue weighted by molar-refractivity contribution is -0.188. The maximum absolute atomic E-state index is 12.9. The third-order valence-corrected chi connectivity index (χ3v) is 5.98. The largest absolute Gasteiger partial charge is 0.494 e. The van der Waals surface area contributed by atoms with Crippen LogP contribution in [0.1, 0.15) is 40.5 Å². The van der Waals surface area contributed by atoms with Crippen LogP contribution in [0.2, 0.25) is 0 Å². The van der Waals surface area contributed by atoms with E-state index in [0.717, 1.165) is 5.46 Å². The Morgan fingerprint density at radius 2 is 1.90 bits per heavy atom. The first kappa shape index (κ1) is 22.0. The Morgan fingerprint density at radius 1 is 1.24 bits per heavy atom. The number of hydrogen-bond donors (Lipinski definition) is 0. The molecule has 0 aromatic heterocycles. The molecular weight excluding hydrogens is 386 g/mol. The van der Waals surface area contributed by atoms with Crippen LogP contribution in [0.3, 0.4) is 0 Å². The van der Waals surface area contributed by atoms with Crippen LogP contribution in [0.5, 0.6) is 5.75 Å². The van der Waals surface area contributed by atoms with Gasteiger partial charge in [-0.25, -0.2) is 0 Å². The van der Waals surface area contributed by atoms with Gasteiger partial charge in [-0.3, -0.25) is 4.79 Å². The molecular formula is C20H27BF3NO4. The van der Waals surface area contributed by atoms with Crippen LogP contribution in [-0.4, -0.2) is 55.0 Å². The second-order valence-electron chi connectivity index (χ2n) is 8.67. The summed E-state index contributed by atoms with van der Waals surface area (Å²) in [6.45, 7) is 7.54. The summed E-state index contributed by atoms with van der Waals surface area (Å²) < 4.78 is 56.4. The Bertz CT molecular complexity index is 737. The molecule has 2 fully saturated rings. The minimum Gasteiger partial charge on any atom is -0.484 e. The average Bonchev–Trinajstić information content (AvgIpc) is 2.87. The summed E-state index contributed by atoms with van der Waals surface area (Å²) in [5.74, 6) is -1.47. The standard InChI is InChI=1S/C20H27BF3NO4/c1-18(2)19(3,4)29-21(28-18)15-8-5-9-16(11-15)27-13-17(26)25-10-6-7-14(12-25)20(22,23)24/h5,8-9,11,14H,6-7,10,12-13H2,1-4H3. The summed E-state index contributed by atoms with van der Waals surface area (Å²) in [7, 11) is -0.561. The molecule has 0 aliphatic carbocycles. The highest BCUT2D eigenvalue weighted by Crippen LogP contribution is 2.36. The summed E-state index contributed by atoms with van der Waals surface area (Å²) in [5, 5.41) is 0. The number of rotatable bonds is 4. The van der Waals surface area contributed by atoms with E-state index in [1.54, 1.807) is 18.2 Å². The predicted molar refractivity (Wildman–Crippen MR) is 103 cm³/mol. The van der Waals surface area contributed by atoms with Crippen LogP contribution >= 0.6 is 0 Å². The third kappa shape index (κ3) is 4.88. The molecule has 2 saturated heterocycles. The molecule has 1 aromatic carbocycles. The Balaban J connectivity index is 1.59. The van der Waals surface area contributed by atoms with E-state index in [2.05, 4.69) is 0 Å². The number of nitrogens with zero attached hydrogens (tertiary/aromatic N) is 1. The van der Waals surface area contributed by atoms with E-state index in [9.17, 15) is 18.0 Å². The van der Waals surface area contributed by atoms with Gasteiger partial charge >= 0.3 is 13.3 Å². The van der Waals surface area contributed by atoms with Gasteiger partial charge in [-0.15, -0.1) is 0 Å². The number of hydrogen-bond acceptors (Lipinski definition) is 4. The van der Waals surface area contributed by atoms with Crippen LogP contribution in [0.15, 0.2) is 24.3 Å². The van der Waals surface area contributed by atoms with Gasteiger partial charge in [0, 0.05) is 13.1 Å². The molecule has 2 aliphatic heterocycles. The molecule has 1 amide bonds. The minimum atomic E-state index is -4.28. The highest BCUT2D eigenvalue weighted by atomic mass is 19.4. The van der Waals surface area contributed by atoms with Crippen molar-refractivity contribution in [3.8, 4) is 5.75 Å². The number of alkyl halides is 3. The summed E-state index contributed by atoms with van der Waals surface area (Å²) in [5.41, 5.74) is -0.203. The number of benzene rings is 1. The first-order valence-corrected chi connectivity index (χ1v) is 9.82. The van der Waals surface area contributed by atoms with Crippen molar-refractivity contribution in [2.45, 2.75) is 57.9 Å². The van der Waals surface area contributed by atoms with E-state index in [0.29, 0.717) is 18.7 Å². The molecule has 2 aliphatic rings. The SMILES string of the molecule is CC1(C)OB(c2cccc(OCC(=O)N3CCCC(C(F)(F)F)C3)c2)OC1(C)C.